The first-order valence-corrected chi connectivity index (χ1v) is 13.5. The molecule has 0 aromatic heterocycles. The number of hydrogen-bond donors (Lipinski definition) is 0. The van der Waals surface area contributed by atoms with Crippen molar-refractivity contribution in [1.82, 2.24) is 0 Å². The summed E-state index contributed by atoms with van der Waals surface area (Å²) in [5.41, 5.74) is 0.272. The molecular formula is C28H44O4. The molecule has 0 aromatic carbocycles. The largest absolute Gasteiger partial charge is 0.462 e. The van der Waals surface area contributed by atoms with Gasteiger partial charge in [0.2, 0.25) is 0 Å². The van der Waals surface area contributed by atoms with Crippen LogP contribution in [0.25, 0.3) is 0 Å². The Balaban J connectivity index is 1.40. The Morgan fingerprint density at radius 1 is 1.03 bits per heavy atom. The topological polar surface area (TPSA) is 52.6 Å². The average molecular weight is 445 g/mol. The highest BCUT2D eigenvalue weighted by atomic mass is 16.5. The maximum absolute atomic E-state index is 12.3. The SMILES string of the molecule is CC(=O)OC1CC2CC(=O)CC[C@]2(C)C2CC[C@@]3(C)C(CCC3(C)OCCC3CCC3)C12. The third-order valence-corrected chi connectivity index (χ3v) is 11.5. The van der Waals surface area contributed by atoms with Gasteiger partial charge in [-0.15, -0.1) is 0 Å². The fourth-order valence-corrected chi connectivity index (χ4v) is 9.02. The Kier molecular flexibility index (Phi) is 5.79. The van der Waals surface area contributed by atoms with Crippen molar-refractivity contribution >= 4 is 11.8 Å². The van der Waals surface area contributed by atoms with E-state index in [1.807, 2.05) is 0 Å². The van der Waals surface area contributed by atoms with Crippen LogP contribution in [-0.2, 0) is 19.1 Å². The van der Waals surface area contributed by atoms with E-state index in [1.165, 1.54) is 44.9 Å². The summed E-state index contributed by atoms with van der Waals surface area (Å²) < 4.78 is 12.8. The molecule has 6 unspecified atom stereocenters. The van der Waals surface area contributed by atoms with E-state index < -0.39 is 0 Å². The molecule has 0 aliphatic heterocycles. The number of hydrogen-bond acceptors (Lipinski definition) is 4. The molecule has 5 aliphatic carbocycles. The van der Waals surface area contributed by atoms with Gasteiger partial charge in [0.15, 0.2) is 0 Å². The highest BCUT2D eigenvalue weighted by molar-refractivity contribution is 5.79. The van der Waals surface area contributed by atoms with Crippen LogP contribution in [0.5, 0.6) is 0 Å². The Hall–Kier alpha value is -0.900. The maximum atomic E-state index is 12.3. The molecular weight excluding hydrogens is 400 g/mol. The number of Topliss-reactive ketones (excluding diaryl/α,β-unsaturated/α-hetero) is 1. The second-order valence-corrected chi connectivity index (χ2v) is 12.8. The number of ether oxygens (including phenoxy) is 2. The zero-order valence-corrected chi connectivity index (χ0v) is 20.8. The van der Waals surface area contributed by atoms with Crippen molar-refractivity contribution in [3.05, 3.63) is 0 Å². The number of carbonyl (C=O) groups is 2. The second kappa shape index (κ2) is 8.10. The molecule has 32 heavy (non-hydrogen) atoms. The van der Waals surface area contributed by atoms with Gasteiger partial charge in [-0.1, -0.05) is 33.1 Å². The van der Waals surface area contributed by atoms with Gasteiger partial charge < -0.3 is 9.47 Å². The van der Waals surface area contributed by atoms with Gasteiger partial charge >= 0.3 is 5.97 Å². The number of rotatable bonds is 5. The van der Waals surface area contributed by atoms with Crippen molar-refractivity contribution in [3.8, 4) is 0 Å². The van der Waals surface area contributed by atoms with Gasteiger partial charge in [0.25, 0.3) is 0 Å². The molecule has 5 aliphatic rings. The lowest BCUT2D eigenvalue weighted by Crippen LogP contribution is -2.60. The first-order valence-electron chi connectivity index (χ1n) is 13.5. The van der Waals surface area contributed by atoms with Crippen molar-refractivity contribution in [2.45, 2.75) is 116 Å². The summed E-state index contributed by atoms with van der Waals surface area (Å²) in [5.74, 6) is 2.99. The van der Waals surface area contributed by atoms with E-state index >= 15 is 0 Å². The first kappa shape index (κ1) is 22.9. The van der Waals surface area contributed by atoms with Crippen LogP contribution < -0.4 is 0 Å². The molecule has 0 bridgehead atoms. The summed E-state index contributed by atoms with van der Waals surface area (Å²) in [7, 11) is 0. The van der Waals surface area contributed by atoms with Crippen LogP contribution in [0.4, 0.5) is 0 Å². The highest BCUT2D eigenvalue weighted by Crippen LogP contribution is 2.69. The predicted molar refractivity (Wildman–Crippen MR) is 124 cm³/mol. The first-order chi connectivity index (χ1) is 15.2. The Labute approximate surface area is 194 Å². The molecule has 5 rings (SSSR count). The fourth-order valence-electron chi connectivity index (χ4n) is 9.02. The minimum Gasteiger partial charge on any atom is -0.462 e. The lowest BCUT2D eigenvalue weighted by Gasteiger charge is -2.62. The molecule has 0 heterocycles. The predicted octanol–water partition coefficient (Wildman–Crippen LogP) is 6.11. The molecule has 4 heteroatoms. The van der Waals surface area contributed by atoms with Crippen molar-refractivity contribution in [2.24, 2.45) is 40.4 Å². The molecule has 0 amide bonds. The van der Waals surface area contributed by atoms with Gasteiger partial charge in [-0.2, -0.15) is 0 Å². The molecule has 0 N–H and O–H groups in total. The quantitative estimate of drug-likeness (QED) is 0.480. The average Bonchev–Trinajstić information content (AvgIpc) is 2.96. The van der Waals surface area contributed by atoms with Gasteiger partial charge in [-0.25, -0.2) is 0 Å². The van der Waals surface area contributed by atoms with Gasteiger partial charge in [-0.3, -0.25) is 9.59 Å². The summed E-state index contributed by atoms with van der Waals surface area (Å²) in [5, 5.41) is 0. The van der Waals surface area contributed by atoms with Crippen LogP contribution in [-0.4, -0.2) is 30.1 Å². The fraction of sp³-hybridized carbons (Fsp3) is 0.929. The van der Waals surface area contributed by atoms with Crippen LogP contribution in [0.2, 0.25) is 0 Å². The highest BCUT2D eigenvalue weighted by Gasteiger charge is 2.66. The van der Waals surface area contributed by atoms with E-state index in [0.29, 0.717) is 35.9 Å². The van der Waals surface area contributed by atoms with Crippen LogP contribution in [0.15, 0.2) is 0 Å². The minimum absolute atomic E-state index is 0.0385. The molecule has 0 radical (unpaired) electrons. The van der Waals surface area contributed by atoms with Crippen molar-refractivity contribution in [1.29, 1.82) is 0 Å². The normalized spacial score (nSPS) is 48.4. The van der Waals surface area contributed by atoms with E-state index in [9.17, 15) is 9.59 Å². The van der Waals surface area contributed by atoms with Gasteiger partial charge in [0, 0.05) is 32.3 Å². The molecule has 0 spiro atoms. The van der Waals surface area contributed by atoms with Gasteiger partial charge in [-0.05, 0) is 86.4 Å². The number of ketones is 1. The molecule has 180 valence electrons. The second-order valence-electron chi connectivity index (χ2n) is 12.8. The Morgan fingerprint density at radius 2 is 1.78 bits per heavy atom. The number of carbonyl (C=O) groups excluding carboxylic acids is 2. The van der Waals surface area contributed by atoms with Crippen molar-refractivity contribution in [2.75, 3.05) is 6.61 Å². The zero-order chi connectivity index (χ0) is 22.7. The van der Waals surface area contributed by atoms with E-state index in [0.717, 1.165) is 38.2 Å². The zero-order valence-electron chi connectivity index (χ0n) is 20.8. The molecule has 0 saturated heterocycles. The van der Waals surface area contributed by atoms with Crippen LogP contribution >= 0.6 is 0 Å². The number of esters is 1. The number of fused-ring (bicyclic) bond motifs is 5. The van der Waals surface area contributed by atoms with Crippen molar-refractivity contribution < 1.29 is 19.1 Å². The molecule has 5 fully saturated rings. The Bertz CT molecular complexity index is 759. The summed E-state index contributed by atoms with van der Waals surface area (Å²) in [6, 6.07) is 0. The lowest BCUT2D eigenvalue weighted by atomic mass is 9.44. The van der Waals surface area contributed by atoms with Gasteiger partial charge in [0.1, 0.15) is 11.9 Å². The molecule has 8 atom stereocenters. The van der Waals surface area contributed by atoms with Crippen molar-refractivity contribution in [3.63, 3.8) is 0 Å². The monoisotopic (exact) mass is 444 g/mol. The maximum Gasteiger partial charge on any atom is 0.302 e. The van der Waals surface area contributed by atoms with E-state index in [-0.39, 0.29) is 28.5 Å². The molecule has 0 aromatic rings. The summed E-state index contributed by atoms with van der Waals surface area (Å²) >= 11 is 0. The summed E-state index contributed by atoms with van der Waals surface area (Å²) in [6.07, 6.45) is 13.3. The standard InChI is InChI=1S/C28H44O4/c1-18(29)32-24-17-20-16-21(30)8-12-26(20,2)22-9-13-27(3)23(25(22)24)10-14-28(27,4)31-15-11-19-6-5-7-19/h19-20,22-25H,5-17H2,1-4H3/t20?,22?,23?,24?,25?,26-,27-,28?/m0/s1. The van der Waals surface area contributed by atoms with E-state index in [1.54, 1.807) is 6.92 Å². The third kappa shape index (κ3) is 3.49. The summed E-state index contributed by atoms with van der Waals surface area (Å²) in [6.45, 7) is 9.76. The third-order valence-electron chi connectivity index (χ3n) is 11.5. The smallest absolute Gasteiger partial charge is 0.302 e. The molecule has 4 nitrogen and oxygen atoms in total. The molecule has 5 saturated carbocycles. The lowest BCUT2D eigenvalue weighted by molar-refractivity contribution is -0.204. The van der Waals surface area contributed by atoms with Crippen LogP contribution in [0, 0.1) is 40.4 Å². The minimum atomic E-state index is -0.163. The Morgan fingerprint density at radius 3 is 2.47 bits per heavy atom. The van der Waals surface area contributed by atoms with E-state index in [2.05, 4.69) is 20.8 Å². The van der Waals surface area contributed by atoms with E-state index in [4.69, 9.17) is 9.47 Å². The van der Waals surface area contributed by atoms with Gasteiger partial charge in [0.05, 0.1) is 5.60 Å². The van der Waals surface area contributed by atoms with Crippen LogP contribution in [0.1, 0.15) is 105 Å². The van der Waals surface area contributed by atoms with Crippen LogP contribution in [0.3, 0.4) is 0 Å². The summed E-state index contributed by atoms with van der Waals surface area (Å²) in [4.78, 5) is 24.4.